The van der Waals surface area contributed by atoms with E-state index < -0.39 is 23.0 Å². The van der Waals surface area contributed by atoms with Crippen LogP contribution in [0.1, 0.15) is 171 Å². The first-order chi connectivity index (χ1) is 20.3. The van der Waals surface area contributed by atoms with E-state index in [9.17, 15) is 24.3 Å². The molecule has 8 heteroatoms. The highest BCUT2D eigenvalue weighted by atomic mass is 16.5. The van der Waals surface area contributed by atoms with Gasteiger partial charge in [-0.25, -0.2) is 4.79 Å². The SMILES string of the molecule is CC.CCCCCCCCCCCCCCCC(=O)NC(CCC(=O)NCCC(C)(C)OCCC(C)(C)C(C)=O)C(=O)O. The number of hydrogen-bond acceptors (Lipinski definition) is 5. The van der Waals surface area contributed by atoms with Gasteiger partial charge in [-0.05, 0) is 46.5 Å². The number of carboxylic acid groups (broad SMARTS) is 1. The van der Waals surface area contributed by atoms with E-state index in [1.807, 2.05) is 41.5 Å². The molecule has 0 aromatic carbocycles. The number of nitrogens with one attached hydrogen (secondary N) is 2. The van der Waals surface area contributed by atoms with Crippen molar-refractivity contribution in [1.82, 2.24) is 10.6 Å². The van der Waals surface area contributed by atoms with Crippen molar-refractivity contribution in [2.24, 2.45) is 5.41 Å². The fourth-order valence-electron chi connectivity index (χ4n) is 4.52. The molecule has 0 rings (SSSR count). The zero-order valence-corrected chi connectivity index (χ0v) is 29.2. The van der Waals surface area contributed by atoms with Gasteiger partial charge in [-0.15, -0.1) is 0 Å². The Hall–Kier alpha value is -1.96. The molecule has 2 amide bonds. The van der Waals surface area contributed by atoms with Gasteiger partial charge in [-0.1, -0.05) is 112 Å². The summed E-state index contributed by atoms with van der Waals surface area (Å²) < 4.78 is 5.93. The molecule has 0 saturated carbocycles. The van der Waals surface area contributed by atoms with Crippen LogP contribution >= 0.6 is 0 Å². The summed E-state index contributed by atoms with van der Waals surface area (Å²) in [7, 11) is 0. The molecule has 0 saturated heterocycles. The molecule has 254 valence electrons. The third-order valence-corrected chi connectivity index (χ3v) is 8.02. The van der Waals surface area contributed by atoms with Crippen LogP contribution in [0, 0.1) is 5.41 Å². The van der Waals surface area contributed by atoms with Gasteiger partial charge in [0.05, 0.1) is 5.60 Å². The molecule has 0 aliphatic heterocycles. The Balaban J connectivity index is 0. The molecule has 0 aliphatic carbocycles. The number of hydrogen-bond donors (Lipinski definition) is 3. The first kappa shape index (κ1) is 43.2. The van der Waals surface area contributed by atoms with E-state index >= 15 is 0 Å². The second kappa shape index (κ2) is 26.4. The van der Waals surface area contributed by atoms with E-state index in [2.05, 4.69) is 17.6 Å². The zero-order valence-electron chi connectivity index (χ0n) is 29.2. The third kappa shape index (κ3) is 26.2. The van der Waals surface area contributed by atoms with E-state index in [-0.39, 0.29) is 30.4 Å². The first-order valence-electron chi connectivity index (χ1n) is 17.2. The molecular formula is C35H68N2O6. The van der Waals surface area contributed by atoms with Crippen molar-refractivity contribution in [1.29, 1.82) is 0 Å². The second-order valence-electron chi connectivity index (χ2n) is 12.9. The van der Waals surface area contributed by atoms with E-state index in [1.165, 1.54) is 64.2 Å². The van der Waals surface area contributed by atoms with E-state index in [0.717, 1.165) is 19.3 Å². The molecule has 1 atom stereocenters. The molecule has 0 aromatic heterocycles. The largest absolute Gasteiger partial charge is 0.480 e. The zero-order chi connectivity index (χ0) is 33.2. The van der Waals surface area contributed by atoms with Crippen molar-refractivity contribution in [3.05, 3.63) is 0 Å². The summed E-state index contributed by atoms with van der Waals surface area (Å²) in [6.45, 7) is 16.4. The van der Waals surface area contributed by atoms with E-state index in [1.54, 1.807) is 6.92 Å². The molecule has 3 N–H and O–H groups in total. The van der Waals surface area contributed by atoms with Crippen LogP contribution in [0.15, 0.2) is 0 Å². The van der Waals surface area contributed by atoms with Crippen LogP contribution in [0.25, 0.3) is 0 Å². The van der Waals surface area contributed by atoms with Gasteiger partial charge in [-0.3, -0.25) is 14.4 Å². The summed E-state index contributed by atoms with van der Waals surface area (Å²) in [6.07, 6.45) is 17.5. The number of carbonyl (C=O) groups excluding carboxylic acids is 3. The van der Waals surface area contributed by atoms with Crippen molar-refractivity contribution in [3.8, 4) is 0 Å². The number of ether oxygens (including phenoxy) is 1. The Labute approximate surface area is 264 Å². The predicted molar refractivity (Wildman–Crippen MR) is 177 cm³/mol. The number of amides is 2. The number of Topliss-reactive ketones (excluding diaryl/α,β-unsaturated/α-hetero) is 1. The van der Waals surface area contributed by atoms with E-state index in [0.29, 0.717) is 32.4 Å². The lowest BCUT2D eigenvalue weighted by molar-refractivity contribution is -0.142. The maximum Gasteiger partial charge on any atom is 0.326 e. The van der Waals surface area contributed by atoms with Gasteiger partial charge in [0.15, 0.2) is 0 Å². The van der Waals surface area contributed by atoms with Gasteiger partial charge in [0.25, 0.3) is 0 Å². The van der Waals surface area contributed by atoms with Crippen LogP contribution in [0.2, 0.25) is 0 Å². The minimum absolute atomic E-state index is 0.0179. The summed E-state index contributed by atoms with van der Waals surface area (Å²) in [6, 6.07) is -1.07. The van der Waals surface area contributed by atoms with Gasteiger partial charge in [0, 0.05) is 31.4 Å². The highest BCUT2D eigenvalue weighted by molar-refractivity contribution is 5.84. The molecule has 0 bridgehead atoms. The molecule has 8 nitrogen and oxygen atoms in total. The van der Waals surface area contributed by atoms with Crippen molar-refractivity contribution in [2.45, 2.75) is 183 Å². The molecule has 43 heavy (non-hydrogen) atoms. The van der Waals surface area contributed by atoms with Crippen molar-refractivity contribution < 1.29 is 29.0 Å². The van der Waals surface area contributed by atoms with Crippen molar-refractivity contribution in [3.63, 3.8) is 0 Å². The highest BCUT2D eigenvalue weighted by Crippen LogP contribution is 2.23. The average molecular weight is 613 g/mol. The standard InChI is InChI=1S/C33H62N2O6.C2H6/c1-7-8-9-10-11-12-13-14-15-16-17-18-19-20-30(38)35-28(31(39)40)21-22-29(37)34-25-23-33(5,6)41-26-24-32(3,4)27(2)36;1-2/h28H,7-26H2,1-6H3,(H,34,37)(H,35,38)(H,39,40);1-2H3. The smallest absolute Gasteiger partial charge is 0.326 e. The predicted octanol–water partition coefficient (Wildman–Crippen LogP) is 8.15. The summed E-state index contributed by atoms with van der Waals surface area (Å²) in [4.78, 5) is 47.8. The number of carbonyl (C=O) groups is 4. The van der Waals surface area contributed by atoms with Crippen molar-refractivity contribution in [2.75, 3.05) is 13.2 Å². The Morgan fingerprint density at radius 3 is 1.67 bits per heavy atom. The van der Waals surface area contributed by atoms with Crippen LogP contribution in [-0.4, -0.2) is 53.5 Å². The fourth-order valence-corrected chi connectivity index (χ4v) is 4.52. The summed E-state index contributed by atoms with van der Waals surface area (Å²) >= 11 is 0. The van der Waals surface area contributed by atoms with Crippen molar-refractivity contribution >= 4 is 23.6 Å². The topological polar surface area (TPSA) is 122 Å². The van der Waals surface area contributed by atoms with Gasteiger partial charge >= 0.3 is 5.97 Å². The van der Waals surface area contributed by atoms with Crippen LogP contribution in [0.5, 0.6) is 0 Å². The summed E-state index contributed by atoms with van der Waals surface area (Å²) in [5, 5.41) is 14.9. The molecular weight excluding hydrogens is 544 g/mol. The molecule has 0 heterocycles. The minimum Gasteiger partial charge on any atom is -0.480 e. The Kier molecular flexibility index (Phi) is 26.5. The minimum atomic E-state index is -1.13. The maximum atomic E-state index is 12.3. The monoisotopic (exact) mass is 613 g/mol. The Morgan fingerprint density at radius 1 is 0.721 bits per heavy atom. The first-order valence-corrected chi connectivity index (χ1v) is 17.2. The number of ketones is 1. The van der Waals surface area contributed by atoms with Crippen LogP contribution in [0.3, 0.4) is 0 Å². The normalized spacial score (nSPS) is 12.2. The molecule has 0 aliphatic rings. The van der Waals surface area contributed by atoms with Crippen LogP contribution in [-0.2, 0) is 23.9 Å². The fraction of sp³-hybridized carbons (Fsp3) is 0.886. The number of rotatable bonds is 27. The molecule has 0 radical (unpaired) electrons. The number of unbranched alkanes of at least 4 members (excludes halogenated alkanes) is 12. The van der Waals surface area contributed by atoms with E-state index in [4.69, 9.17) is 4.74 Å². The summed E-state index contributed by atoms with van der Waals surface area (Å²) in [5.41, 5.74) is -0.891. The molecule has 1 unspecified atom stereocenters. The molecule has 0 fully saturated rings. The number of carboxylic acids is 1. The lowest BCUT2D eigenvalue weighted by Gasteiger charge is -2.28. The summed E-state index contributed by atoms with van der Waals surface area (Å²) in [5.74, 6) is -1.52. The van der Waals surface area contributed by atoms with Gasteiger partial charge in [0.2, 0.25) is 11.8 Å². The number of aliphatic carboxylic acids is 1. The lowest BCUT2D eigenvalue weighted by atomic mass is 9.86. The van der Waals surface area contributed by atoms with Gasteiger partial charge in [-0.2, -0.15) is 0 Å². The average Bonchev–Trinajstić information content (AvgIpc) is 2.94. The van der Waals surface area contributed by atoms with Crippen LogP contribution in [0.4, 0.5) is 0 Å². The quantitative estimate of drug-likeness (QED) is 0.0805. The second-order valence-corrected chi connectivity index (χ2v) is 12.9. The third-order valence-electron chi connectivity index (χ3n) is 8.02. The Morgan fingerprint density at radius 2 is 1.21 bits per heavy atom. The molecule has 0 aromatic rings. The van der Waals surface area contributed by atoms with Crippen LogP contribution < -0.4 is 10.6 Å². The highest BCUT2D eigenvalue weighted by Gasteiger charge is 2.26. The lowest BCUT2D eigenvalue weighted by Crippen LogP contribution is -2.41. The van der Waals surface area contributed by atoms with Gasteiger partial charge in [0.1, 0.15) is 11.8 Å². The maximum absolute atomic E-state index is 12.3. The van der Waals surface area contributed by atoms with Gasteiger partial charge < -0.3 is 20.5 Å². The Bertz CT molecular complexity index is 751. The molecule has 0 spiro atoms.